The van der Waals surface area contributed by atoms with Crippen LogP contribution in [0.1, 0.15) is 18.1 Å². The van der Waals surface area contributed by atoms with Crippen LogP contribution in [0.3, 0.4) is 0 Å². The number of carbonyl (C=O) groups excluding carboxylic acids is 1. The molecule has 1 aromatic heterocycles. The Morgan fingerprint density at radius 3 is 2.36 bits per heavy atom. The lowest BCUT2D eigenvalue weighted by atomic mass is 10.1. The second kappa shape index (κ2) is 10.7. The van der Waals surface area contributed by atoms with Gasteiger partial charge in [-0.3, -0.25) is 9.10 Å². The number of hydrogen-bond acceptors (Lipinski definition) is 5. The molecule has 186 valence electrons. The Labute approximate surface area is 211 Å². The molecule has 8 nitrogen and oxygen atoms in total. The maximum Gasteiger partial charge on any atom is 0.264 e. The maximum atomic E-state index is 13.8. The monoisotopic (exact) mass is 504 g/mol. The first kappa shape index (κ1) is 25.0. The molecule has 0 unspecified atom stereocenters. The summed E-state index contributed by atoms with van der Waals surface area (Å²) in [7, 11) is -4.06. The molecule has 1 heterocycles. The number of aromatic nitrogens is 2. The van der Waals surface area contributed by atoms with Crippen molar-refractivity contribution < 1.29 is 17.9 Å². The van der Waals surface area contributed by atoms with E-state index in [-0.39, 0.29) is 11.4 Å². The molecule has 0 aliphatic rings. The number of ether oxygens (including phenoxy) is 1. The quantitative estimate of drug-likeness (QED) is 0.356. The van der Waals surface area contributed by atoms with Gasteiger partial charge in [-0.2, -0.15) is 5.10 Å². The number of aryl methyl sites for hydroxylation is 1. The van der Waals surface area contributed by atoms with Crippen molar-refractivity contribution in [2.24, 2.45) is 0 Å². The second-order valence-corrected chi connectivity index (χ2v) is 10.0. The van der Waals surface area contributed by atoms with Crippen LogP contribution in [0, 0.1) is 13.8 Å². The zero-order valence-electron chi connectivity index (χ0n) is 20.4. The van der Waals surface area contributed by atoms with Gasteiger partial charge >= 0.3 is 0 Å². The number of sulfonamides is 1. The van der Waals surface area contributed by atoms with Crippen molar-refractivity contribution in [1.82, 2.24) is 9.78 Å². The molecule has 0 atom stereocenters. The number of carbonyl (C=O) groups is 1. The largest absolute Gasteiger partial charge is 0.494 e. The average Bonchev–Trinajstić information content (AvgIpc) is 3.41. The van der Waals surface area contributed by atoms with Crippen molar-refractivity contribution >= 4 is 27.3 Å². The summed E-state index contributed by atoms with van der Waals surface area (Å²) >= 11 is 0. The summed E-state index contributed by atoms with van der Waals surface area (Å²) in [5.74, 6) is 0.227. The Bertz CT molecular complexity index is 1430. The van der Waals surface area contributed by atoms with Gasteiger partial charge in [0.25, 0.3) is 10.0 Å². The average molecular weight is 505 g/mol. The lowest BCUT2D eigenvalue weighted by molar-refractivity contribution is -0.114. The van der Waals surface area contributed by atoms with Gasteiger partial charge in [0.15, 0.2) is 0 Å². The molecule has 36 heavy (non-hydrogen) atoms. The smallest absolute Gasteiger partial charge is 0.264 e. The SMILES string of the molecule is CCOc1ccc(NC(=O)CN(c2cccc(C)c2C)S(=O)(=O)c2ccc(-n3cccn3)cc2)cc1. The van der Waals surface area contributed by atoms with Crippen molar-refractivity contribution in [3.8, 4) is 11.4 Å². The first-order valence-electron chi connectivity index (χ1n) is 11.5. The molecule has 4 rings (SSSR count). The molecule has 0 aliphatic carbocycles. The number of anilines is 2. The summed E-state index contributed by atoms with van der Waals surface area (Å²) in [4.78, 5) is 13.1. The lowest BCUT2D eigenvalue weighted by Crippen LogP contribution is -2.38. The summed E-state index contributed by atoms with van der Waals surface area (Å²) in [6.45, 7) is 5.79. The fourth-order valence-corrected chi connectivity index (χ4v) is 5.24. The van der Waals surface area contributed by atoms with E-state index in [2.05, 4.69) is 10.4 Å². The van der Waals surface area contributed by atoms with E-state index >= 15 is 0 Å². The Morgan fingerprint density at radius 2 is 1.72 bits per heavy atom. The molecule has 9 heteroatoms. The molecule has 0 radical (unpaired) electrons. The zero-order valence-corrected chi connectivity index (χ0v) is 21.2. The second-order valence-electron chi connectivity index (χ2n) is 8.18. The highest BCUT2D eigenvalue weighted by Gasteiger charge is 2.28. The number of benzene rings is 3. The van der Waals surface area contributed by atoms with Gasteiger partial charge < -0.3 is 10.1 Å². The highest BCUT2D eigenvalue weighted by atomic mass is 32.2. The molecule has 0 spiro atoms. The van der Waals surface area contributed by atoms with E-state index in [0.717, 1.165) is 21.1 Å². The molecule has 4 aromatic rings. The summed E-state index contributed by atoms with van der Waals surface area (Å²) in [5.41, 5.74) is 3.43. The highest BCUT2D eigenvalue weighted by Crippen LogP contribution is 2.29. The van der Waals surface area contributed by atoms with Crippen LogP contribution in [0.15, 0.2) is 90.1 Å². The zero-order chi connectivity index (χ0) is 25.7. The number of nitrogens with zero attached hydrogens (tertiary/aromatic N) is 3. The fraction of sp³-hybridized carbons (Fsp3) is 0.185. The highest BCUT2D eigenvalue weighted by molar-refractivity contribution is 7.92. The van der Waals surface area contributed by atoms with Gasteiger partial charge in [0.1, 0.15) is 12.3 Å². The van der Waals surface area contributed by atoms with E-state index in [1.165, 1.54) is 12.1 Å². The van der Waals surface area contributed by atoms with E-state index in [1.54, 1.807) is 71.7 Å². The van der Waals surface area contributed by atoms with Crippen LogP contribution in [0.5, 0.6) is 5.75 Å². The third-order valence-electron chi connectivity index (χ3n) is 5.77. The fourth-order valence-electron chi connectivity index (χ4n) is 3.76. The van der Waals surface area contributed by atoms with Crippen LogP contribution < -0.4 is 14.4 Å². The molecule has 0 saturated heterocycles. The first-order valence-corrected chi connectivity index (χ1v) is 13.0. The Morgan fingerprint density at radius 1 is 1.00 bits per heavy atom. The van der Waals surface area contributed by atoms with Crippen molar-refractivity contribution in [1.29, 1.82) is 0 Å². The summed E-state index contributed by atoms with van der Waals surface area (Å²) in [6.07, 6.45) is 3.42. The number of amides is 1. The third kappa shape index (κ3) is 5.41. The van der Waals surface area contributed by atoms with Crippen LogP contribution in [0.2, 0.25) is 0 Å². The van der Waals surface area contributed by atoms with Gasteiger partial charge in [-0.25, -0.2) is 13.1 Å². The van der Waals surface area contributed by atoms with Crippen molar-refractivity contribution in [2.45, 2.75) is 25.7 Å². The van der Waals surface area contributed by atoms with Crippen LogP contribution >= 0.6 is 0 Å². The van der Waals surface area contributed by atoms with Gasteiger partial charge in [-0.05, 0) is 92.6 Å². The molecule has 0 fully saturated rings. The van der Waals surface area contributed by atoms with Gasteiger partial charge in [0.2, 0.25) is 5.91 Å². The predicted molar refractivity (Wildman–Crippen MR) is 140 cm³/mol. The summed E-state index contributed by atoms with van der Waals surface area (Å²) < 4.78 is 35.8. The Hall–Kier alpha value is -4.11. The summed E-state index contributed by atoms with van der Waals surface area (Å²) in [6, 6.07) is 20.5. The van der Waals surface area contributed by atoms with Crippen LogP contribution in [0.25, 0.3) is 5.69 Å². The van der Waals surface area contributed by atoms with E-state index < -0.39 is 15.9 Å². The minimum Gasteiger partial charge on any atom is -0.494 e. The van der Waals surface area contributed by atoms with Crippen LogP contribution in [0.4, 0.5) is 11.4 Å². The van der Waals surface area contributed by atoms with Crippen molar-refractivity contribution in [2.75, 3.05) is 22.8 Å². The third-order valence-corrected chi connectivity index (χ3v) is 7.55. The van der Waals surface area contributed by atoms with E-state index in [9.17, 15) is 13.2 Å². The van der Waals surface area contributed by atoms with E-state index in [1.807, 2.05) is 26.8 Å². The van der Waals surface area contributed by atoms with E-state index in [4.69, 9.17) is 4.74 Å². The predicted octanol–water partition coefficient (Wildman–Crippen LogP) is 4.72. The van der Waals surface area contributed by atoms with Crippen LogP contribution in [-0.4, -0.2) is 37.3 Å². The van der Waals surface area contributed by atoms with Crippen LogP contribution in [-0.2, 0) is 14.8 Å². The maximum absolute atomic E-state index is 13.8. The summed E-state index contributed by atoms with van der Waals surface area (Å²) in [5, 5.41) is 6.96. The standard InChI is InChI=1S/C27H28N4O4S/c1-4-35-24-13-9-22(10-14-24)29-27(32)19-31(26-8-5-7-20(2)21(26)3)36(33,34)25-15-11-23(12-16-25)30-18-6-17-28-30/h5-18H,4,19H2,1-3H3,(H,29,32). The van der Waals surface area contributed by atoms with Gasteiger partial charge in [0.05, 0.1) is 22.9 Å². The molecule has 0 aliphatic heterocycles. The molecule has 1 amide bonds. The Balaban J connectivity index is 1.64. The molecule has 0 bridgehead atoms. The minimum absolute atomic E-state index is 0.0770. The molecule has 0 saturated carbocycles. The normalized spacial score (nSPS) is 11.2. The van der Waals surface area contributed by atoms with Gasteiger partial charge in [-0.15, -0.1) is 0 Å². The topological polar surface area (TPSA) is 93.5 Å². The first-order chi connectivity index (χ1) is 17.3. The number of hydrogen-bond donors (Lipinski definition) is 1. The molecule has 3 aromatic carbocycles. The van der Waals surface area contributed by atoms with Gasteiger partial charge in [-0.1, -0.05) is 12.1 Å². The van der Waals surface area contributed by atoms with Gasteiger partial charge in [0, 0.05) is 18.1 Å². The number of nitrogens with one attached hydrogen (secondary N) is 1. The minimum atomic E-state index is -4.06. The van der Waals surface area contributed by atoms with Crippen molar-refractivity contribution in [3.05, 3.63) is 96.3 Å². The Kier molecular flexibility index (Phi) is 7.40. The molecule has 1 N–H and O–H groups in total. The molecular weight excluding hydrogens is 476 g/mol. The lowest BCUT2D eigenvalue weighted by Gasteiger charge is -2.26. The molecular formula is C27H28N4O4S. The van der Waals surface area contributed by atoms with Crippen molar-refractivity contribution in [3.63, 3.8) is 0 Å². The van der Waals surface area contributed by atoms with E-state index in [0.29, 0.717) is 23.7 Å². The number of rotatable bonds is 9.